The van der Waals surface area contributed by atoms with Crippen LogP contribution in [0.4, 0.5) is 4.79 Å². The Hall–Kier alpha value is -1.08. The molecule has 23 heavy (non-hydrogen) atoms. The highest BCUT2D eigenvalue weighted by Gasteiger charge is 2.36. The normalized spacial score (nSPS) is 14.0. The van der Waals surface area contributed by atoms with Gasteiger partial charge in [-0.15, -0.1) is 0 Å². The average molecular weight is 347 g/mol. The summed E-state index contributed by atoms with van der Waals surface area (Å²) in [6, 6.07) is -0.483. The van der Waals surface area contributed by atoms with E-state index in [1.165, 1.54) is 0 Å². The van der Waals surface area contributed by atoms with Crippen molar-refractivity contribution in [3.8, 4) is 0 Å². The summed E-state index contributed by atoms with van der Waals surface area (Å²) in [7, 11) is -1.78. The van der Waals surface area contributed by atoms with E-state index in [4.69, 9.17) is 4.74 Å². The van der Waals surface area contributed by atoms with E-state index in [0.717, 1.165) is 0 Å². The predicted molar refractivity (Wildman–Crippen MR) is 95.2 cm³/mol. The SMILES string of the molecule is CC(C)[C@@H](C(=O)O)N(CCCNC(=O)OC(C)(C)C)[Si](C)(C)C. The Labute approximate surface area is 141 Å². The maximum atomic E-state index is 11.6. The molecule has 0 fully saturated rings. The first kappa shape index (κ1) is 21.9. The second kappa shape index (κ2) is 8.68. The van der Waals surface area contributed by atoms with E-state index in [2.05, 4.69) is 29.5 Å². The highest BCUT2D eigenvalue weighted by Crippen LogP contribution is 2.20. The smallest absolute Gasteiger partial charge is 0.407 e. The molecule has 0 rings (SSSR count). The van der Waals surface area contributed by atoms with E-state index in [0.29, 0.717) is 19.5 Å². The van der Waals surface area contributed by atoms with Gasteiger partial charge in [0.05, 0.1) is 0 Å². The minimum absolute atomic E-state index is 0.0399. The molecule has 1 amide bonds. The van der Waals surface area contributed by atoms with Gasteiger partial charge in [-0.05, 0) is 39.7 Å². The first-order chi connectivity index (χ1) is 10.3. The Morgan fingerprint density at radius 2 is 1.74 bits per heavy atom. The van der Waals surface area contributed by atoms with Crippen LogP contribution in [0.3, 0.4) is 0 Å². The van der Waals surface area contributed by atoms with Gasteiger partial charge in [-0.3, -0.25) is 4.79 Å². The van der Waals surface area contributed by atoms with E-state index >= 15 is 0 Å². The molecular weight excluding hydrogens is 312 g/mol. The maximum absolute atomic E-state index is 11.6. The monoisotopic (exact) mass is 346 g/mol. The molecule has 0 aromatic carbocycles. The number of ether oxygens (including phenoxy) is 1. The van der Waals surface area contributed by atoms with Crippen molar-refractivity contribution in [2.24, 2.45) is 5.92 Å². The van der Waals surface area contributed by atoms with Gasteiger partial charge >= 0.3 is 12.1 Å². The molecule has 2 N–H and O–H groups in total. The van der Waals surface area contributed by atoms with Crippen molar-refractivity contribution < 1.29 is 19.4 Å². The van der Waals surface area contributed by atoms with Crippen LogP contribution in [0.15, 0.2) is 0 Å². The summed E-state index contributed by atoms with van der Waals surface area (Å²) in [5, 5.41) is 12.3. The van der Waals surface area contributed by atoms with Crippen molar-refractivity contribution in [1.29, 1.82) is 0 Å². The van der Waals surface area contributed by atoms with Crippen LogP contribution in [-0.4, -0.2) is 54.7 Å². The van der Waals surface area contributed by atoms with Gasteiger partial charge in [0.2, 0.25) is 0 Å². The van der Waals surface area contributed by atoms with Gasteiger partial charge < -0.3 is 19.7 Å². The summed E-state index contributed by atoms with van der Waals surface area (Å²) >= 11 is 0. The first-order valence-electron chi connectivity index (χ1n) is 8.22. The molecular formula is C16H34N2O4Si. The number of nitrogens with one attached hydrogen (secondary N) is 1. The van der Waals surface area contributed by atoms with Crippen molar-refractivity contribution in [2.45, 2.75) is 72.3 Å². The lowest BCUT2D eigenvalue weighted by molar-refractivity contribution is -0.143. The number of carbonyl (C=O) groups is 2. The number of amides is 1. The number of hydrogen-bond donors (Lipinski definition) is 2. The van der Waals surface area contributed by atoms with Gasteiger partial charge in [0.15, 0.2) is 0 Å². The zero-order valence-electron chi connectivity index (χ0n) is 15.9. The van der Waals surface area contributed by atoms with Gasteiger partial charge in [-0.2, -0.15) is 0 Å². The van der Waals surface area contributed by atoms with Gasteiger partial charge in [0, 0.05) is 6.54 Å². The van der Waals surface area contributed by atoms with Crippen molar-refractivity contribution in [1.82, 2.24) is 9.88 Å². The van der Waals surface area contributed by atoms with E-state index in [1.54, 1.807) is 0 Å². The Balaban J connectivity index is 4.60. The Kier molecular flexibility index (Phi) is 8.27. The van der Waals surface area contributed by atoms with Crippen LogP contribution in [0.2, 0.25) is 19.6 Å². The fourth-order valence-corrected chi connectivity index (χ4v) is 4.50. The highest BCUT2D eigenvalue weighted by atomic mass is 28.3. The molecule has 0 saturated heterocycles. The maximum Gasteiger partial charge on any atom is 0.407 e. The number of carboxylic acids is 1. The molecule has 6 nitrogen and oxygen atoms in total. The zero-order chi connectivity index (χ0) is 18.4. The Morgan fingerprint density at radius 3 is 2.09 bits per heavy atom. The van der Waals surface area contributed by atoms with E-state index in [-0.39, 0.29) is 5.92 Å². The Bertz CT molecular complexity index is 400. The summed E-state index contributed by atoms with van der Waals surface area (Å²) in [5.41, 5.74) is -0.513. The number of carboxylic acid groups (broad SMARTS) is 1. The highest BCUT2D eigenvalue weighted by molar-refractivity contribution is 6.73. The summed E-state index contributed by atoms with van der Waals surface area (Å²) < 4.78 is 7.31. The summed E-state index contributed by atoms with van der Waals surface area (Å²) in [6.45, 7) is 16.9. The van der Waals surface area contributed by atoms with Crippen LogP contribution in [0.5, 0.6) is 0 Å². The molecule has 7 heteroatoms. The van der Waals surface area contributed by atoms with Crippen LogP contribution < -0.4 is 5.32 Å². The molecule has 0 spiro atoms. The summed E-state index contributed by atoms with van der Waals surface area (Å²) in [4.78, 5) is 23.2. The number of hydrogen-bond acceptors (Lipinski definition) is 4. The van der Waals surface area contributed by atoms with Crippen LogP contribution in [0.25, 0.3) is 0 Å². The lowest BCUT2D eigenvalue weighted by Crippen LogP contribution is -2.57. The third-order valence-corrected chi connectivity index (χ3v) is 5.55. The summed E-state index contributed by atoms with van der Waals surface area (Å²) in [6.07, 6.45) is 0.260. The molecule has 0 aromatic heterocycles. The molecule has 0 radical (unpaired) electrons. The molecule has 1 atom stereocenters. The molecule has 136 valence electrons. The molecule has 0 saturated carbocycles. The second-order valence-corrected chi connectivity index (χ2v) is 13.1. The summed E-state index contributed by atoms with van der Waals surface area (Å²) in [5.74, 6) is -0.736. The van der Waals surface area contributed by atoms with Gasteiger partial charge in [-0.25, -0.2) is 4.79 Å². The topological polar surface area (TPSA) is 78.9 Å². The van der Waals surface area contributed by atoms with Crippen molar-refractivity contribution >= 4 is 20.3 Å². The third-order valence-electron chi connectivity index (χ3n) is 3.33. The lowest BCUT2D eigenvalue weighted by atomic mass is 10.0. The first-order valence-corrected chi connectivity index (χ1v) is 11.7. The number of rotatable bonds is 8. The van der Waals surface area contributed by atoms with Crippen molar-refractivity contribution in [3.63, 3.8) is 0 Å². The molecule has 0 unspecified atom stereocenters. The van der Waals surface area contributed by atoms with E-state index in [9.17, 15) is 14.7 Å². The standard InChI is InChI=1S/C16H34N2O4Si/c1-12(2)13(14(19)20)18(23(6,7)8)11-9-10-17-15(21)22-16(3,4)5/h12-13H,9-11H2,1-8H3,(H,17,21)(H,19,20)/t13-/m0/s1. The number of carbonyl (C=O) groups excluding carboxylic acids is 1. The van der Waals surface area contributed by atoms with E-state index in [1.807, 2.05) is 34.6 Å². The second-order valence-electron chi connectivity index (χ2n) is 8.17. The number of aliphatic carboxylic acids is 1. The quantitative estimate of drug-likeness (QED) is 0.521. The molecule has 0 aliphatic rings. The number of nitrogens with zero attached hydrogens (tertiary/aromatic N) is 1. The predicted octanol–water partition coefficient (Wildman–Crippen LogP) is 3.15. The minimum Gasteiger partial charge on any atom is -0.480 e. The average Bonchev–Trinajstić information content (AvgIpc) is 2.27. The minimum atomic E-state index is -1.78. The zero-order valence-corrected chi connectivity index (χ0v) is 16.9. The van der Waals surface area contributed by atoms with Crippen molar-refractivity contribution in [2.75, 3.05) is 13.1 Å². The number of alkyl carbamates (subject to hydrolysis) is 1. The molecule has 0 aliphatic carbocycles. The molecule has 0 bridgehead atoms. The Morgan fingerprint density at radius 1 is 1.22 bits per heavy atom. The fourth-order valence-electron chi connectivity index (χ4n) is 2.42. The van der Waals surface area contributed by atoms with Gasteiger partial charge in [-0.1, -0.05) is 33.5 Å². The fraction of sp³-hybridized carbons (Fsp3) is 0.875. The van der Waals surface area contributed by atoms with Crippen molar-refractivity contribution in [3.05, 3.63) is 0 Å². The third kappa shape index (κ3) is 8.95. The molecule has 0 aliphatic heterocycles. The van der Waals surface area contributed by atoms with Crippen LogP contribution >= 0.6 is 0 Å². The van der Waals surface area contributed by atoms with Crippen LogP contribution in [-0.2, 0) is 9.53 Å². The molecule has 0 aromatic rings. The molecule has 0 heterocycles. The van der Waals surface area contributed by atoms with Gasteiger partial charge in [0.25, 0.3) is 0 Å². The van der Waals surface area contributed by atoms with Crippen LogP contribution in [0, 0.1) is 5.92 Å². The van der Waals surface area contributed by atoms with Gasteiger partial charge in [0.1, 0.15) is 19.9 Å². The largest absolute Gasteiger partial charge is 0.480 e. The van der Waals surface area contributed by atoms with E-state index < -0.39 is 31.9 Å². The lowest BCUT2D eigenvalue weighted by Gasteiger charge is -2.40. The van der Waals surface area contributed by atoms with Crippen LogP contribution in [0.1, 0.15) is 41.0 Å².